The fraction of sp³-hybridized carbons (Fsp3) is 0.471. The molecule has 1 aromatic carbocycles. The number of aryl methyl sites for hydroxylation is 4. The molecule has 1 aliphatic carbocycles. The summed E-state index contributed by atoms with van der Waals surface area (Å²) in [4.78, 5) is 0. The average molecular weight is 285 g/mol. The third-order valence-corrected chi connectivity index (χ3v) is 4.18. The van der Waals surface area contributed by atoms with Gasteiger partial charge in [0.1, 0.15) is 5.75 Å². The number of aromatic nitrogens is 2. The highest BCUT2D eigenvalue weighted by molar-refractivity contribution is 5.40. The standard InChI is InChI=1S/C17H23N3O/c1-12-16(11-18-2)17(20(3)19-12)21-15-9-8-13-6-4-5-7-14(13)10-15/h8-10,18H,4-7,11H2,1-3H3. The van der Waals surface area contributed by atoms with Crippen molar-refractivity contribution in [3.63, 3.8) is 0 Å². The number of hydrogen-bond acceptors (Lipinski definition) is 3. The van der Waals surface area contributed by atoms with Crippen molar-refractivity contribution in [2.75, 3.05) is 7.05 Å². The zero-order valence-electron chi connectivity index (χ0n) is 13.1. The second kappa shape index (κ2) is 5.90. The molecular weight excluding hydrogens is 262 g/mol. The monoisotopic (exact) mass is 285 g/mol. The molecule has 0 unspecified atom stereocenters. The molecule has 1 N–H and O–H groups in total. The van der Waals surface area contributed by atoms with E-state index in [1.54, 1.807) is 0 Å². The van der Waals surface area contributed by atoms with Crippen LogP contribution in [-0.2, 0) is 26.4 Å². The predicted octanol–water partition coefficient (Wildman–Crippen LogP) is 3.12. The molecule has 0 spiro atoms. The van der Waals surface area contributed by atoms with Gasteiger partial charge in [-0.1, -0.05) is 6.07 Å². The smallest absolute Gasteiger partial charge is 0.222 e. The summed E-state index contributed by atoms with van der Waals surface area (Å²) in [7, 11) is 3.87. The Bertz CT molecular complexity index is 646. The molecule has 0 bridgehead atoms. The lowest BCUT2D eigenvalue weighted by molar-refractivity contribution is 0.423. The Balaban J connectivity index is 1.90. The summed E-state index contributed by atoms with van der Waals surface area (Å²) in [5.41, 5.74) is 5.05. The van der Waals surface area contributed by atoms with E-state index >= 15 is 0 Å². The minimum absolute atomic E-state index is 0.764. The van der Waals surface area contributed by atoms with E-state index in [-0.39, 0.29) is 0 Å². The summed E-state index contributed by atoms with van der Waals surface area (Å²) in [6.45, 7) is 2.78. The van der Waals surface area contributed by atoms with Crippen molar-refractivity contribution in [2.45, 2.75) is 39.2 Å². The first-order valence-corrected chi connectivity index (χ1v) is 7.65. The van der Waals surface area contributed by atoms with Gasteiger partial charge in [-0.05, 0) is 62.9 Å². The summed E-state index contributed by atoms with van der Waals surface area (Å²) in [5, 5.41) is 7.65. The molecular formula is C17H23N3O. The van der Waals surface area contributed by atoms with E-state index in [4.69, 9.17) is 4.74 Å². The third-order valence-electron chi connectivity index (χ3n) is 4.18. The zero-order chi connectivity index (χ0) is 14.8. The van der Waals surface area contributed by atoms with Crippen LogP contribution in [0.1, 0.15) is 35.2 Å². The number of benzene rings is 1. The van der Waals surface area contributed by atoms with Crippen molar-refractivity contribution in [1.82, 2.24) is 15.1 Å². The zero-order valence-corrected chi connectivity index (χ0v) is 13.1. The molecule has 4 nitrogen and oxygen atoms in total. The van der Waals surface area contributed by atoms with Crippen molar-refractivity contribution < 1.29 is 4.74 Å². The van der Waals surface area contributed by atoms with Crippen LogP contribution in [0.5, 0.6) is 11.6 Å². The molecule has 3 rings (SSSR count). The van der Waals surface area contributed by atoms with Gasteiger partial charge in [-0.3, -0.25) is 0 Å². The van der Waals surface area contributed by atoms with Gasteiger partial charge in [-0.25, -0.2) is 4.68 Å². The van der Waals surface area contributed by atoms with Gasteiger partial charge in [0.2, 0.25) is 5.88 Å². The molecule has 0 fully saturated rings. The van der Waals surface area contributed by atoms with E-state index in [2.05, 4.69) is 28.6 Å². The lowest BCUT2D eigenvalue weighted by Crippen LogP contribution is -2.07. The van der Waals surface area contributed by atoms with Gasteiger partial charge >= 0.3 is 0 Å². The molecule has 0 atom stereocenters. The van der Waals surface area contributed by atoms with E-state index < -0.39 is 0 Å². The van der Waals surface area contributed by atoms with Crippen molar-refractivity contribution >= 4 is 0 Å². The second-order valence-electron chi connectivity index (χ2n) is 5.76. The maximum absolute atomic E-state index is 6.14. The summed E-state index contributed by atoms with van der Waals surface area (Å²) >= 11 is 0. The van der Waals surface area contributed by atoms with Crippen molar-refractivity contribution in [3.05, 3.63) is 40.6 Å². The highest BCUT2D eigenvalue weighted by atomic mass is 16.5. The van der Waals surface area contributed by atoms with Gasteiger partial charge in [0.05, 0.1) is 11.3 Å². The van der Waals surface area contributed by atoms with Crippen molar-refractivity contribution in [3.8, 4) is 11.6 Å². The van der Waals surface area contributed by atoms with Crippen LogP contribution in [0, 0.1) is 6.92 Å². The van der Waals surface area contributed by atoms with E-state index in [1.807, 2.05) is 25.7 Å². The summed E-state index contributed by atoms with van der Waals surface area (Å²) in [6, 6.07) is 6.49. The predicted molar refractivity (Wildman–Crippen MR) is 83.9 cm³/mol. The van der Waals surface area contributed by atoms with Crippen LogP contribution in [0.2, 0.25) is 0 Å². The van der Waals surface area contributed by atoms with Gasteiger partial charge in [-0.15, -0.1) is 0 Å². The number of nitrogens with one attached hydrogen (secondary N) is 1. The second-order valence-corrected chi connectivity index (χ2v) is 5.76. The summed E-state index contributed by atoms with van der Waals surface area (Å²) in [6.07, 6.45) is 4.96. The van der Waals surface area contributed by atoms with Crippen LogP contribution in [-0.4, -0.2) is 16.8 Å². The van der Waals surface area contributed by atoms with Crippen LogP contribution < -0.4 is 10.1 Å². The molecule has 21 heavy (non-hydrogen) atoms. The maximum atomic E-state index is 6.14. The number of ether oxygens (including phenoxy) is 1. The molecule has 1 heterocycles. The fourth-order valence-corrected chi connectivity index (χ4v) is 3.07. The Kier molecular flexibility index (Phi) is 3.97. The Morgan fingerprint density at radius 1 is 1.24 bits per heavy atom. The SMILES string of the molecule is CNCc1c(C)nn(C)c1Oc1ccc2c(c1)CCCC2. The third kappa shape index (κ3) is 2.81. The van der Waals surface area contributed by atoms with Gasteiger partial charge in [0.25, 0.3) is 0 Å². The molecule has 1 aromatic heterocycles. The number of hydrogen-bond donors (Lipinski definition) is 1. The normalized spacial score (nSPS) is 14.0. The van der Waals surface area contributed by atoms with E-state index in [0.717, 1.165) is 29.4 Å². The van der Waals surface area contributed by atoms with Crippen LogP contribution in [0.4, 0.5) is 0 Å². The van der Waals surface area contributed by atoms with Crippen LogP contribution in [0.3, 0.4) is 0 Å². The molecule has 1 aliphatic rings. The average Bonchev–Trinajstić information content (AvgIpc) is 2.75. The number of rotatable bonds is 4. The molecule has 0 saturated heterocycles. The minimum Gasteiger partial charge on any atom is -0.439 e. The Labute approximate surface area is 126 Å². The Morgan fingerprint density at radius 3 is 2.76 bits per heavy atom. The van der Waals surface area contributed by atoms with Crippen LogP contribution in [0.25, 0.3) is 0 Å². The lowest BCUT2D eigenvalue weighted by atomic mass is 9.92. The topological polar surface area (TPSA) is 39.1 Å². The van der Waals surface area contributed by atoms with E-state index in [0.29, 0.717) is 0 Å². The Morgan fingerprint density at radius 2 is 2.00 bits per heavy atom. The number of fused-ring (bicyclic) bond motifs is 1. The first-order valence-electron chi connectivity index (χ1n) is 7.65. The molecule has 2 aromatic rings. The number of nitrogens with zero attached hydrogens (tertiary/aromatic N) is 2. The maximum Gasteiger partial charge on any atom is 0.222 e. The fourth-order valence-electron chi connectivity index (χ4n) is 3.07. The summed E-state index contributed by atoms with van der Waals surface area (Å²) < 4.78 is 7.96. The largest absolute Gasteiger partial charge is 0.439 e. The van der Waals surface area contributed by atoms with Crippen LogP contribution >= 0.6 is 0 Å². The minimum atomic E-state index is 0.764. The van der Waals surface area contributed by atoms with Gasteiger partial charge in [0, 0.05) is 13.6 Å². The van der Waals surface area contributed by atoms with Gasteiger partial charge < -0.3 is 10.1 Å². The molecule has 0 radical (unpaired) electrons. The quantitative estimate of drug-likeness (QED) is 0.938. The van der Waals surface area contributed by atoms with E-state index in [9.17, 15) is 0 Å². The van der Waals surface area contributed by atoms with Crippen molar-refractivity contribution in [2.24, 2.45) is 7.05 Å². The van der Waals surface area contributed by atoms with Gasteiger partial charge in [0.15, 0.2) is 0 Å². The highest BCUT2D eigenvalue weighted by Gasteiger charge is 2.16. The van der Waals surface area contributed by atoms with Gasteiger partial charge in [-0.2, -0.15) is 5.10 Å². The van der Waals surface area contributed by atoms with Crippen molar-refractivity contribution in [1.29, 1.82) is 0 Å². The molecule has 112 valence electrons. The highest BCUT2D eigenvalue weighted by Crippen LogP contribution is 2.30. The Hall–Kier alpha value is -1.81. The van der Waals surface area contributed by atoms with E-state index in [1.165, 1.54) is 36.8 Å². The summed E-state index contributed by atoms with van der Waals surface area (Å²) in [5.74, 6) is 1.74. The molecule has 0 saturated carbocycles. The first-order chi connectivity index (χ1) is 10.2. The molecule has 4 heteroatoms. The molecule has 0 amide bonds. The van der Waals surface area contributed by atoms with Crippen LogP contribution in [0.15, 0.2) is 18.2 Å². The first kappa shape index (κ1) is 14.1. The lowest BCUT2D eigenvalue weighted by Gasteiger charge is -2.17. The molecule has 0 aliphatic heterocycles.